The summed E-state index contributed by atoms with van der Waals surface area (Å²) in [5, 5.41) is 8.78. The molecule has 2 rings (SSSR count). The zero-order chi connectivity index (χ0) is 19.3. The summed E-state index contributed by atoms with van der Waals surface area (Å²) in [6.45, 7) is 5.27. The third kappa shape index (κ3) is 5.10. The third-order valence-electron chi connectivity index (χ3n) is 3.31. The van der Waals surface area contributed by atoms with Crippen LogP contribution in [0.5, 0.6) is 0 Å². The Bertz CT molecular complexity index is 828. The molecule has 0 saturated carbocycles. The number of rotatable bonds is 6. The molecular formula is C18H22N5O3+. The SMILES string of the molecule is CC(C)(C)OC(=O)CNc1ccc(-c2cncnc2)cc1C(=[NH2+])C(N)=O. The van der Waals surface area contributed by atoms with Crippen LogP contribution in [-0.4, -0.2) is 39.7 Å². The van der Waals surface area contributed by atoms with Crippen LogP contribution >= 0.6 is 0 Å². The Hall–Kier alpha value is -3.29. The standard InChI is InChI=1S/C18H21N5O3/c1-18(2,3)26-15(24)9-23-14-5-4-11(12-7-21-10-22-8-12)6-13(14)16(19)17(20)25/h4-8,10,19,23H,9H2,1-3H3,(H2,20,25)/p+1. The molecule has 0 atom stereocenters. The molecule has 0 radical (unpaired) electrons. The molecule has 0 aliphatic heterocycles. The highest BCUT2D eigenvalue weighted by atomic mass is 16.6. The highest BCUT2D eigenvalue weighted by molar-refractivity contribution is 6.43. The molecule has 8 heteroatoms. The summed E-state index contributed by atoms with van der Waals surface area (Å²) in [7, 11) is 0. The van der Waals surface area contributed by atoms with Gasteiger partial charge < -0.3 is 15.8 Å². The average molecular weight is 356 g/mol. The maximum Gasteiger partial charge on any atom is 0.325 e. The van der Waals surface area contributed by atoms with Gasteiger partial charge in [0.15, 0.2) is 0 Å². The van der Waals surface area contributed by atoms with Gasteiger partial charge in [0.25, 0.3) is 5.71 Å². The first-order valence-corrected chi connectivity index (χ1v) is 7.95. The molecule has 5 N–H and O–H groups in total. The van der Waals surface area contributed by atoms with Crippen LogP contribution in [0.25, 0.3) is 11.1 Å². The molecule has 8 nitrogen and oxygen atoms in total. The summed E-state index contributed by atoms with van der Waals surface area (Å²) in [6, 6.07) is 5.20. The topological polar surface area (TPSA) is 133 Å². The lowest BCUT2D eigenvalue weighted by molar-refractivity contribution is -0.152. The van der Waals surface area contributed by atoms with Crippen molar-refractivity contribution in [3.8, 4) is 11.1 Å². The quantitative estimate of drug-likeness (QED) is 0.490. The number of benzene rings is 1. The molecular weight excluding hydrogens is 334 g/mol. The van der Waals surface area contributed by atoms with Gasteiger partial charge in [0.1, 0.15) is 18.5 Å². The Kier molecular flexibility index (Phi) is 5.66. The van der Waals surface area contributed by atoms with E-state index in [1.54, 1.807) is 51.4 Å². The van der Waals surface area contributed by atoms with E-state index in [-0.39, 0.29) is 12.3 Å². The number of anilines is 1. The first-order chi connectivity index (χ1) is 12.2. The van der Waals surface area contributed by atoms with E-state index >= 15 is 0 Å². The van der Waals surface area contributed by atoms with Gasteiger partial charge in [-0.3, -0.25) is 9.59 Å². The minimum Gasteiger partial charge on any atom is -0.459 e. The van der Waals surface area contributed by atoms with Gasteiger partial charge in [0, 0.05) is 23.6 Å². The summed E-state index contributed by atoms with van der Waals surface area (Å²) in [5.41, 5.74) is 7.01. The van der Waals surface area contributed by atoms with Crippen molar-refractivity contribution in [3.05, 3.63) is 42.5 Å². The molecule has 1 aromatic carbocycles. The number of ether oxygens (including phenoxy) is 1. The van der Waals surface area contributed by atoms with Crippen molar-refractivity contribution in [3.63, 3.8) is 0 Å². The predicted molar refractivity (Wildman–Crippen MR) is 97.0 cm³/mol. The highest BCUT2D eigenvalue weighted by Crippen LogP contribution is 2.24. The second-order valence-electron chi connectivity index (χ2n) is 6.61. The van der Waals surface area contributed by atoms with Gasteiger partial charge in [-0.05, 0) is 38.5 Å². The normalized spacial score (nSPS) is 10.9. The minimum atomic E-state index is -0.758. The monoisotopic (exact) mass is 356 g/mol. The van der Waals surface area contributed by atoms with Crippen molar-refractivity contribution in [2.24, 2.45) is 5.73 Å². The summed E-state index contributed by atoms with van der Waals surface area (Å²) in [4.78, 5) is 31.4. The zero-order valence-electron chi connectivity index (χ0n) is 14.9. The van der Waals surface area contributed by atoms with E-state index in [0.29, 0.717) is 11.3 Å². The van der Waals surface area contributed by atoms with Crippen molar-refractivity contribution >= 4 is 23.3 Å². The van der Waals surface area contributed by atoms with Crippen molar-refractivity contribution in [2.75, 3.05) is 11.9 Å². The molecule has 0 aliphatic carbocycles. The first kappa shape index (κ1) is 19.0. The molecule has 0 fully saturated rings. The molecule has 1 aromatic heterocycles. The minimum absolute atomic E-state index is 0.0793. The van der Waals surface area contributed by atoms with Crippen molar-refractivity contribution in [1.29, 1.82) is 0 Å². The fraction of sp³-hybridized carbons (Fsp3) is 0.278. The summed E-state index contributed by atoms with van der Waals surface area (Å²) in [5.74, 6) is -1.19. The number of carbonyl (C=O) groups excluding carboxylic acids is 2. The molecule has 0 aliphatic rings. The number of nitrogens with one attached hydrogen (secondary N) is 1. The van der Waals surface area contributed by atoms with Gasteiger partial charge in [-0.1, -0.05) is 6.07 Å². The fourth-order valence-electron chi connectivity index (χ4n) is 2.23. The van der Waals surface area contributed by atoms with Crippen LogP contribution < -0.4 is 16.5 Å². The van der Waals surface area contributed by atoms with E-state index in [1.807, 2.05) is 0 Å². The van der Waals surface area contributed by atoms with E-state index in [4.69, 9.17) is 15.9 Å². The smallest absolute Gasteiger partial charge is 0.325 e. The molecule has 26 heavy (non-hydrogen) atoms. The number of amides is 1. The predicted octanol–water partition coefficient (Wildman–Crippen LogP) is -0.0693. The molecule has 0 spiro atoms. The maximum atomic E-state index is 11.9. The van der Waals surface area contributed by atoms with E-state index < -0.39 is 17.5 Å². The van der Waals surface area contributed by atoms with Crippen LogP contribution in [0.3, 0.4) is 0 Å². The Morgan fingerprint density at radius 1 is 1.19 bits per heavy atom. The number of aromatic nitrogens is 2. The Labute approximate surface area is 151 Å². The fourth-order valence-corrected chi connectivity index (χ4v) is 2.23. The van der Waals surface area contributed by atoms with Gasteiger partial charge in [-0.25, -0.2) is 15.4 Å². The van der Waals surface area contributed by atoms with Crippen molar-refractivity contribution in [1.82, 2.24) is 9.97 Å². The zero-order valence-corrected chi connectivity index (χ0v) is 14.9. The van der Waals surface area contributed by atoms with Crippen LogP contribution in [0.4, 0.5) is 5.69 Å². The number of nitrogens with two attached hydrogens (primary N) is 2. The van der Waals surface area contributed by atoms with Gasteiger partial charge >= 0.3 is 11.9 Å². The number of hydrogen-bond acceptors (Lipinski definition) is 6. The van der Waals surface area contributed by atoms with Crippen LogP contribution in [0, 0.1) is 0 Å². The molecule has 136 valence electrons. The van der Waals surface area contributed by atoms with Crippen molar-refractivity contribution in [2.45, 2.75) is 26.4 Å². The highest BCUT2D eigenvalue weighted by Gasteiger charge is 2.21. The van der Waals surface area contributed by atoms with Gasteiger partial charge in [0.05, 0.1) is 5.56 Å². The molecule has 1 amide bonds. The van der Waals surface area contributed by atoms with Crippen molar-refractivity contribution < 1.29 is 19.7 Å². The molecule has 2 aromatic rings. The average Bonchev–Trinajstić information content (AvgIpc) is 2.58. The van der Waals surface area contributed by atoms with Gasteiger partial charge in [-0.15, -0.1) is 0 Å². The third-order valence-corrected chi connectivity index (χ3v) is 3.31. The first-order valence-electron chi connectivity index (χ1n) is 7.95. The lowest BCUT2D eigenvalue weighted by Crippen LogP contribution is -2.48. The number of nitrogens with zero attached hydrogens (tertiary/aromatic N) is 2. The Balaban J connectivity index is 2.29. The maximum absolute atomic E-state index is 11.9. The van der Waals surface area contributed by atoms with E-state index in [2.05, 4.69) is 15.3 Å². The summed E-state index contributed by atoms with van der Waals surface area (Å²) < 4.78 is 5.25. The summed E-state index contributed by atoms with van der Waals surface area (Å²) >= 11 is 0. The lowest BCUT2D eigenvalue weighted by Gasteiger charge is -2.20. The van der Waals surface area contributed by atoms with Crippen LogP contribution in [0.15, 0.2) is 36.9 Å². The molecule has 0 bridgehead atoms. The number of primary amides is 1. The molecule has 0 saturated heterocycles. The number of esters is 1. The van der Waals surface area contributed by atoms with E-state index in [0.717, 1.165) is 11.1 Å². The van der Waals surface area contributed by atoms with Gasteiger partial charge in [-0.2, -0.15) is 0 Å². The van der Waals surface area contributed by atoms with E-state index in [1.165, 1.54) is 6.33 Å². The molecule has 1 heterocycles. The second-order valence-corrected chi connectivity index (χ2v) is 6.61. The Morgan fingerprint density at radius 2 is 1.85 bits per heavy atom. The second kappa shape index (κ2) is 7.73. The van der Waals surface area contributed by atoms with Gasteiger partial charge in [0.2, 0.25) is 0 Å². The van der Waals surface area contributed by atoms with Crippen LogP contribution in [0.2, 0.25) is 0 Å². The van der Waals surface area contributed by atoms with Crippen LogP contribution in [0.1, 0.15) is 26.3 Å². The number of carbonyl (C=O) groups is 2. The molecule has 0 unspecified atom stereocenters. The summed E-state index contributed by atoms with van der Waals surface area (Å²) in [6.07, 6.45) is 4.70. The largest absolute Gasteiger partial charge is 0.459 e. The number of hydrogen-bond donors (Lipinski definition) is 3. The Morgan fingerprint density at radius 3 is 2.42 bits per heavy atom. The lowest BCUT2D eigenvalue weighted by atomic mass is 10.0. The van der Waals surface area contributed by atoms with E-state index in [9.17, 15) is 9.59 Å². The van der Waals surface area contributed by atoms with Crippen LogP contribution in [-0.2, 0) is 14.3 Å².